The summed E-state index contributed by atoms with van der Waals surface area (Å²) in [5.74, 6) is 0. The van der Waals surface area contributed by atoms with Crippen molar-refractivity contribution < 1.29 is 0 Å². The third-order valence-corrected chi connectivity index (χ3v) is 0.846. The molecule has 1 heterocycles. The molecule has 1 aliphatic heterocycles. The van der Waals surface area contributed by atoms with E-state index in [1.807, 2.05) is 19.3 Å². The molecule has 0 fully saturated rings. The highest BCUT2D eigenvalue weighted by molar-refractivity contribution is 5.62. The van der Waals surface area contributed by atoms with E-state index in [1.54, 1.807) is 0 Å². The Morgan fingerprint density at radius 2 is 2.71 bits per heavy atom. The summed E-state index contributed by atoms with van der Waals surface area (Å²) in [5, 5.41) is 3.09. The van der Waals surface area contributed by atoms with E-state index in [2.05, 4.69) is 10.3 Å². The van der Waals surface area contributed by atoms with Crippen LogP contribution in [-0.4, -0.2) is 12.8 Å². The summed E-state index contributed by atoms with van der Waals surface area (Å²) < 4.78 is 0. The van der Waals surface area contributed by atoms with Gasteiger partial charge in [-0.15, -0.1) is 0 Å². The molecule has 0 amide bonds. The minimum absolute atomic E-state index is 0.877. The maximum atomic E-state index is 3.91. The maximum absolute atomic E-state index is 3.91. The summed E-state index contributed by atoms with van der Waals surface area (Å²) in [7, 11) is 0. The molecule has 38 valence electrons. The van der Waals surface area contributed by atoms with Crippen molar-refractivity contribution in [2.24, 2.45) is 4.99 Å². The van der Waals surface area contributed by atoms with E-state index in [4.69, 9.17) is 0 Å². The van der Waals surface area contributed by atoms with Gasteiger partial charge in [0.15, 0.2) is 0 Å². The van der Waals surface area contributed by atoms with Crippen molar-refractivity contribution in [2.45, 2.75) is 6.92 Å². The van der Waals surface area contributed by atoms with Gasteiger partial charge in [0.05, 0.1) is 6.54 Å². The molecular formula is C5H8N2. The second-order valence-electron chi connectivity index (χ2n) is 1.52. The van der Waals surface area contributed by atoms with Crippen LogP contribution in [0.15, 0.2) is 16.9 Å². The first-order valence-corrected chi connectivity index (χ1v) is 2.32. The number of hydrogen-bond acceptors (Lipinski definition) is 2. The zero-order valence-electron chi connectivity index (χ0n) is 4.31. The molecule has 0 aromatic rings. The zero-order chi connectivity index (χ0) is 5.11. The molecular weight excluding hydrogens is 88.1 g/mol. The largest absolute Gasteiger partial charge is 0.382 e. The van der Waals surface area contributed by atoms with Crippen LogP contribution in [0.3, 0.4) is 0 Å². The highest BCUT2D eigenvalue weighted by Crippen LogP contribution is 1.88. The predicted molar refractivity (Wildman–Crippen MR) is 30.3 cm³/mol. The van der Waals surface area contributed by atoms with Gasteiger partial charge in [-0.2, -0.15) is 0 Å². The highest BCUT2D eigenvalue weighted by Gasteiger charge is 1.86. The molecule has 1 rings (SSSR count). The van der Waals surface area contributed by atoms with Crippen LogP contribution in [0.25, 0.3) is 0 Å². The number of nitrogens with zero attached hydrogens (tertiary/aromatic N) is 1. The van der Waals surface area contributed by atoms with Crippen LogP contribution in [0.1, 0.15) is 6.92 Å². The molecule has 0 saturated heterocycles. The van der Waals surface area contributed by atoms with Gasteiger partial charge in [-0.1, -0.05) is 0 Å². The Kier molecular flexibility index (Phi) is 1.11. The molecule has 0 radical (unpaired) electrons. The summed E-state index contributed by atoms with van der Waals surface area (Å²) in [6.07, 6.45) is 3.65. The molecule has 0 aliphatic carbocycles. The standard InChI is InChI=1S/C5H8N2/c1-5-4-6-2-3-7-5/h2,4,7H,3H2,1H3. The lowest BCUT2D eigenvalue weighted by atomic mass is 10.5. The molecule has 0 spiro atoms. The normalized spacial score (nSPS) is 18.1. The molecule has 0 bridgehead atoms. The van der Waals surface area contributed by atoms with Crippen molar-refractivity contribution in [2.75, 3.05) is 6.54 Å². The Labute approximate surface area is 42.9 Å². The summed E-state index contributed by atoms with van der Waals surface area (Å²) in [4.78, 5) is 3.91. The number of allylic oxidation sites excluding steroid dienone is 1. The van der Waals surface area contributed by atoms with Crippen molar-refractivity contribution in [1.82, 2.24) is 5.32 Å². The highest BCUT2D eigenvalue weighted by atomic mass is 14.9. The van der Waals surface area contributed by atoms with E-state index in [0.29, 0.717) is 0 Å². The van der Waals surface area contributed by atoms with Gasteiger partial charge in [-0.25, -0.2) is 0 Å². The van der Waals surface area contributed by atoms with Crippen molar-refractivity contribution in [3.8, 4) is 0 Å². The van der Waals surface area contributed by atoms with Gasteiger partial charge >= 0.3 is 0 Å². The predicted octanol–water partition coefficient (Wildman–Crippen LogP) is 0.522. The number of nitrogens with one attached hydrogen (secondary N) is 1. The van der Waals surface area contributed by atoms with Crippen LogP contribution in [0.5, 0.6) is 0 Å². The van der Waals surface area contributed by atoms with Crippen molar-refractivity contribution in [1.29, 1.82) is 0 Å². The fraction of sp³-hybridized carbons (Fsp3) is 0.400. The molecule has 0 unspecified atom stereocenters. The molecule has 1 N–H and O–H groups in total. The van der Waals surface area contributed by atoms with Gasteiger partial charge in [-0.05, 0) is 6.92 Å². The molecule has 0 saturated carbocycles. The fourth-order valence-corrected chi connectivity index (χ4v) is 0.469. The van der Waals surface area contributed by atoms with Crippen LogP contribution in [0.2, 0.25) is 0 Å². The summed E-state index contributed by atoms with van der Waals surface area (Å²) in [5.41, 5.74) is 1.14. The van der Waals surface area contributed by atoms with E-state index in [-0.39, 0.29) is 0 Å². The minimum atomic E-state index is 0.877. The Balaban J connectivity index is 2.57. The third-order valence-electron chi connectivity index (χ3n) is 0.846. The van der Waals surface area contributed by atoms with Gasteiger partial charge in [0, 0.05) is 18.1 Å². The molecule has 0 aromatic heterocycles. The fourth-order valence-electron chi connectivity index (χ4n) is 0.469. The van der Waals surface area contributed by atoms with Gasteiger partial charge in [0.2, 0.25) is 0 Å². The molecule has 1 aliphatic rings. The number of rotatable bonds is 0. The first kappa shape index (κ1) is 4.37. The zero-order valence-corrected chi connectivity index (χ0v) is 4.31. The Bertz CT molecular complexity index is 113. The Morgan fingerprint density at radius 1 is 1.86 bits per heavy atom. The van der Waals surface area contributed by atoms with Gasteiger partial charge < -0.3 is 5.32 Å². The Hall–Kier alpha value is -0.790. The number of hydrogen-bond donors (Lipinski definition) is 1. The van der Waals surface area contributed by atoms with Crippen molar-refractivity contribution in [3.63, 3.8) is 0 Å². The molecule has 0 aromatic carbocycles. The smallest absolute Gasteiger partial charge is 0.0501 e. The van der Waals surface area contributed by atoms with E-state index >= 15 is 0 Å². The quantitative estimate of drug-likeness (QED) is 0.467. The molecule has 2 nitrogen and oxygen atoms in total. The SMILES string of the molecule is CC1=CN=CCN1. The summed E-state index contributed by atoms with van der Waals surface area (Å²) >= 11 is 0. The molecule has 2 heteroatoms. The second-order valence-corrected chi connectivity index (χ2v) is 1.52. The maximum Gasteiger partial charge on any atom is 0.0501 e. The van der Waals surface area contributed by atoms with Crippen LogP contribution in [0.4, 0.5) is 0 Å². The Morgan fingerprint density at radius 3 is 3.00 bits per heavy atom. The van der Waals surface area contributed by atoms with Gasteiger partial charge in [0.25, 0.3) is 0 Å². The molecule has 7 heavy (non-hydrogen) atoms. The molecule has 0 atom stereocenters. The van der Waals surface area contributed by atoms with Crippen LogP contribution in [-0.2, 0) is 0 Å². The van der Waals surface area contributed by atoms with Crippen molar-refractivity contribution >= 4 is 6.21 Å². The number of aliphatic imine (C=N–C) groups is 1. The van der Waals surface area contributed by atoms with E-state index in [9.17, 15) is 0 Å². The second kappa shape index (κ2) is 1.78. The van der Waals surface area contributed by atoms with Gasteiger partial charge in [-0.3, -0.25) is 4.99 Å². The van der Waals surface area contributed by atoms with E-state index in [1.165, 1.54) is 0 Å². The minimum Gasteiger partial charge on any atom is -0.382 e. The topological polar surface area (TPSA) is 24.4 Å². The monoisotopic (exact) mass is 96.1 g/mol. The first-order chi connectivity index (χ1) is 3.39. The van der Waals surface area contributed by atoms with Crippen molar-refractivity contribution in [3.05, 3.63) is 11.9 Å². The summed E-state index contributed by atoms with van der Waals surface area (Å²) in [6.45, 7) is 2.87. The summed E-state index contributed by atoms with van der Waals surface area (Å²) in [6, 6.07) is 0. The third kappa shape index (κ3) is 1.03. The lowest BCUT2D eigenvalue weighted by Crippen LogP contribution is -2.15. The van der Waals surface area contributed by atoms with Crippen LogP contribution >= 0.6 is 0 Å². The van der Waals surface area contributed by atoms with Crippen LogP contribution < -0.4 is 5.32 Å². The first-order valence-electron chi connectivity index (χ1n) is 2.32. The lowest BCUT2D eigenvalue weighted by Gasteiger charge is -2.03. The van der Waals surface area contributed by atoms with E-state index < -0.39 is 0 Å². The average Bonchev–Trinajstić information content (AvgIpc) is 1.69. The lowest BCUT2D eigenvalue weighted by molar-refractivity contribution is 0.913. The van der Waals surface area contributed by atoms with Crippen LogP contribution in [0, 0.1) is 0 Å². The van der Waals surface area contributed by atoms with E-state index in [0.717, 1.165) is 12.2 Å². The average molecular weight is 96.1 g/mol. The van der Waals surface area contributed by atoms with Gasteiger partial charge in [0.1, 0.15) is 0 Å².